The van der Waals surface area contributed by atoms with Gasteiger partial charge in [-0.25, -0.2) is 0 Å². The van der Waals surface area contributed by atoms with E-state index in [9.17, 15) is 9.90 Å². The Hall–Kier alpha value is -0.610. The smallest absolute Gasteiger partial charge is 0.323 e. The van der Waals surface area contributed by atoms with Gasteiger partial charge in [0.1, 0.15) is 5.54 Å². The first-order chi connectivity index (χ1) is 7.31. The van der Waals surface area contributed by atoms with E-state index in [2.05, 4.69) is 5.32 Å². The highest BCUT2D eigenvalue weighted by molar-refractivity contribution is 5.78. The van der Waals surface area contributed by atoms with Gasteiger partial charge in [-0.3, -0.25) is 10.1 Å². The normalized spacial score (nSPS) is 17.1. The van der Waals surface area contributed by atoms with Crippen molar-refractivity contribution in [2.24, 2.45) is 0 Å². The van der Waals surface area contributed by atoms with Gasteiger partial charge in [0, 0.05) is 19.1 Å². The fraction of sp³-hybridized carbons (Fsp3) is 0.917. The molecule has 0 aliphatic rings. The van der Waals surface area contributed by atoms with Crippen LogP contribution in [-0.2, 0) is 9.53 Å². The third kappa shape index (κ3) is 5.47. The van der Waals surface area contributed by atoms with Gasteiger partial charge in [-0.1, -0.05) is 6.92 Å². The topological polar surface area (TPSA) is 58.6 Å². The SMILES string of the molecule is CCCOC(C)CC(C)(NC(C)C)C(=O)O. The Balaban J connectivity index is 4.37. The van der Waals surface area contributed by atoms with Gasteiger partial charge in [-0.2, -0.15) is 0 Å². The number of ether oxygens (including phenoxy) is 1. The second kappa shape index (κ2) is 6.86. The largest absolute Gasteiger partial charge is 0.480 e. The average Bonchev–Trinajstić information content (AvgIpc) is 2.12. The quantitative estimate of drug-likeness (QED) is 0.671. The molecule has 96 valence electrons. The van der Waals surface area contributed by atoms with Crippen LogP contribution in [0.5, 0.6) is 0 Å². The number of hydrogen-bond donors (Lipinski definition) is 2. The van der Waals surface area contributed by atoms with Gasteiger partial charge in [-0.05, 0) is 34.1 Å². The van der Waals surface area contributed by atoms with Crippen LogP contribution in [0.2, 0.25) is 0 Å². The van der Waals surface area contributed by atoms with Gasteiger partial charge in [0.25, 0.3) is 0 Å². The van der Waals surface area contributed by atoms with Crippen molar-refractivity contribution in [2.45, 2.75) is 65.1 Å². The van der Waals surface area contributed by atoms with Crippen LogP contribution in [0.1, 0.15) is 47.5 Å². The molecule has 0 aromatic carbocycles. The van der Waals surface area contributed by atoms with Crippen molar-refractivity contribution in [3.05, 3.63) is 0 Å². The summed E-state index contributed by atoms with van der Waals surface area (Å²) in [6.07, 6.45) is 1.37. The Morgan fingerprint density at radius 3 is 2.38 bits per heavy atom. The molecule has 0 heterocycles. The van der Waals surface area contributed by atoms with Crippen molar-refractivity contribution >= 4 is 5.97 Å². The molecule has 0 aromatic rings. The summed E-state index contributed by atoms with van der Waals surface area (Å²) in [5.74, 6) is -0.826. The van der Waals surface area contributed by atoms with Gasteiger partial charge < -0.3 is 9.84 Å². The monoisotopic (exact) mass is 231 g/mol. The molecule has 0 radical (unpaired) electrons. The van der Waals surface area contributed by atoms with E-state index in [-0.39, 0.29) is 12.1 Å². The Labute approximate surface area is 98.4 Å². The van der Waals surface area contributed by atoms with Crippen molar-refractivity contribution in [1.82, 2.24) is 5.32 Å². The van der Waals surface area contributed by atoms with Gasteiger partial charge in [0.15, 0.2) is 0 Å². The summed E-state index contributed by atoms with van der Waals surface area (Å²) in [6, 6.07) is 0.138. The summed E-state index contributed by atoms with van der Waals surface area (Å²) >= 11 is 0. The molecule has 0 aliphatic carbocycles. The number of aliphatic carboxylic acids is 1. The van der Waals surface area contributed by atoms with E-state index in [0.717, 1.165) is 6.42 Å². The fourth-order valence-corrected chi connectivity index (χ4v) is 1.80. The summed E-state index contributed by atoms with van der Waals surface area (Å²) < 4.78 is 5.52. The number of hydrogen-bond acceptors (Lipinski definition) is 3. The van der Waals surface area contributed by atoms with E-state index >= 15 is 0 Å². The Morgan fingerprint density at radius 1 is 1.44 bits per heavy atom. The zero-order chi connectivity index (χ0) is 12.8. The highest BCUT2D eigenvalue weighted by Crippen LogP contribution is 2.16. The van der Waals surface area contributed by atoms with Crippen LogP contribution in [0.4, 0.5) is 0 Å². The van der Waals surface area contributed by atoms with Gasteiger partial charge >= 0.3 is 5.97 Å². The van der Waals surface area contributed by atoms with Crippen LogP contribution in [0.15, 0.2) is 0 Å². The summed E-state index contributed by atoms with van der Waals surface area (Å²) in [7, 11) is 0. The number of nitrogens with one attached hydrogen (secondary N) is 1. The molecule has 0 bridgehead atoms. The van der Waals surface area contributed by atoms with Crippen molar-refractivity contribution in [3.63, 3.8) is 0 Å². The molecule has 0 aromatic heterocycles. The predicted octanol–water partition coefficient (Wildman–Crippen LogP) is 2.03. The lowest BCUT2D eigenvalue weighted by Gasteiger charge is -2.31. The summed E-state index contributed by atoms with van der Waals surface area (Å²) in [5.41, 5.74) is -0.915. The minimum atomic E-state index is -0.915. The highest BCUT2D eigenvalue weighted by Gasteiger charge is 2.35. The van der Waals surface area contributed by atoms with Crippen molar-refractivity contribution < 1.29 is 14.6 Å². The molecule has 0 fully saturated rings. The average molecular weight is 231 g/mol. The molecule has 2 unspecified atom stereocenters. The van der Waals surface area contributed by atoms with Crippen molar-refractivity contribution in [3.8, 4) is 0 Å². The van der Waals surface area contributed by atoms with E-state index in [1.807, 2.05) is 27.7 Å². The first-order valence-electron chi connectivity index (χ1n) is 5.94. The minimum Gasteiger partial charge on any atom is -0.480 e. The van der Waals surface area contributed by atoms with E-state index in [0.29, 0.717) is 13.0 Å². The van der Waals surface area contributed by atoms with Crippen molar-refractivity contribution in [2.75, 3.05) is 6.61 Å². The number of rotatable bonds is 8. The van der Waals surface area contributed by atoms with Crippen LogP contribution in [0.25, 0.3) is 0 Å². The summed E-state index contributed by atoms with van der Waals surface area (Å²) in [6.45, 7) is 10.2. The maximum atomic E-state index is 11.2. The Morgan fingerprint density at radius 2 is 2.00 bits per heavy atom. The zero-order valence-corrected chi connectivity index (χ0v) is 11.0. The van der Waals surface area contributed by atoms with E-state index in [1.165, 1.54) is 0 Å². The van der Waals surface area contributed by atoms with E-state index < -0.39 is 11.5 Å². The molecule has 0 amide bonds. The molecular weight excluding hydrogens is 206 g/mol. The fourth-order valence-electron chi connectivity index (χ4n) is 1.80. The minimum absolute atomic E-state index is 0.0488. The number of carboxylic acids is 1. The number of carbonyl (C=O) groups is 1. The molecule has 4 nitrogen and oxygen atoms in total. The standard InChI is InChI=1S/C12H25NO3/c1-6-7-16-10(4)8-12(5,11(14)15)13-9(2)3/h9-10,13H,6-8H2,1-5H3,(H,14,15). The second-order valence-electron chi connectivity index (χ2n) is 4.82. The molecule has 0 aliphatic heterocycles. The molecule has 0 saturated heterocycles. The molecule has 2 atom stereocenters. The van der Waals surface area contributed by atoms with Crippen LogP contribution >= 0.6 is 0 Å². The maximum absolute atomic E-state index is 11.2. The first kappa shape index (κ1) is 15.4. The van der Waals surface area contributed by atoms with E-state index in [4.69, 9.17) is 4.74 Å². The van der Waals surface area contributed by atoms with Crippen LogP contribution in [0.3, 0.4) is 0 Å². The molecule has 0 spiro atoms. The molecule has 0 rings (SSSR count). The van der Waals surface area contributed by atoms with Crippen LogP contribution in [0, 0.1) is 0 Å². The lowest BCUT2D eigenvalue weighted by Crippen LogP contribution is -2.54. The Kier molecular flexibility index (Phi) is 6.60. The van der Waals surface area contributed by atoms with Gasteiger partial charge in [0.05, 0.1) is 6.10 Å². The number of carboxylic acid groups (broad SMARTS) is 1. The highest BCUT2D eigenvalue weighted by atomic mass is 16.5. The van der Waals surface area contributed by atoms with Gasteiger partial charge in [-0.15, -0.1) is 0 Å². The molecule has 0 saturated carbocycles. The van der Waals surface area contributed by atoms with E-state index in [1.54, 1.807) is 6.92 Å². The molecule has 4 heteroatoms. The van der Waals surface area contributed by atoms with Crippen LogP contribution in [-0.4, -0.2) is 35.4 Å². The Bertz CT molecular complexity index is 218. The van der Waals surface area contributed by atoms with Crippen molar-refractivity contribution in [1.29, 1.82) is 0 Å². The van der Waals surface area contributed by atoms with Gasteiger partial charge in [0.2, 0.25) is 0 Å². The third-order valence-electron chi connectivity index (χ3n) is 2.38. The lowest BCUT2D eigenvalue weighted by molar-refractivity contribution is -0.146. The second-order valence-corrected chi connectivity index (χ2v) is 4.82. The maximum Gasteiger partial charge on any atom is 0.323 e. The first-order valence-corrected chi connectivity index (χ1v) is 5.94. The molecular formula is C12H25NO3. The summed E-state index contributed by atoms with van der Waals surface area (Å²) in [5, 5.41) is 12.3. The molecule has 16 heavy (non-hydrogen) atoms. The zero-order valence-electron chi connectivity index (χ0n) is 11.0. The summed E-state index contributed by atoms with van der Waals surface area (Å²) in [4.78, 5) is 11.2. The molecule has 2 N–H and O–H groups in total. The predicted molar refractivity (Wildman–Crippen MR) is 64.6 cm³/mol. The third-order valence-corrected chi connectivity index (χ3v) is 2.38. The lowest BCUT2D eigenvalue weighted by atomic mass is 9.94. The van der Waals surface area contributed by atoms with Crippen LogP contribution < -0.4 is 5.32 Å².